The summed E-state index contributed by atoms with van der Waals surface area (Å²) < 4.78 is 30.7. The van der Waals surface area contributed by atoms with E-state index in [-0.39, 0.29) is 16.8 Å². The lowest BCUT2D eigenvalue weighted by molar-refractivity contribution is -0.921. The van der Waals surface area contributed by atoms with Crippen LogP contribution in [0.1, 0.15) is 6.92 Å². The maximum Gasteiger partial charge on any atom is 0.282 e. The van der Waals surface area contributed by atoms with Gasteiger partial charge in [-0.15, -0.1) is 0 Å². The average molecular weight is 342 g/mol. The summed E-state index contributed by atoms with van der Waals surface area (Å²) in [5.41, 5.74) is 0.484. The normalized spacial score (nSPS) is 17.9. The lowest BCUT2D eigenvalue weighted by atomic mass is 10.2. The number of quaternary nitrogens is 1. The van der Waals surface area contributed by atoms with Gasteiger partial charge in [0, 0.05) is 19.8 Å². The van der Waals surface area contributed by atoms with Gasteiger partial charge in [-0.3, -0.25) is 4.79 Å². The number of amides is 1. The van der Waals surface area contributed by atoms with E-state index in [0.717, 1.165) is 17.4 Å². The largest absolute Gasteiger partial charge is 0.370 e. The molecule has 0 spiro atoms. The van der Waals surface area contributed by atoms with Crippen molar-refractivity contribution in [1.82, 2.24) is 4.31 Å². The van der Waals surface area contributed by atoms with Crippen molar-refractivity contribution in [2.75, 3.05) is 45.7 Å². The zero-order valence-electron chi connectivity index (χ0n) is 13.7. The summed E-state index contributed by atoms with van der Waals surface area (Å²) in [7, 11) is -0.562. The maximum absolute atomic E-state index is 12.4. The molecule has 1 aromatic rings. The van der Waals surface area contributed by atoms with E-state index in [1.165, 1.54) is 31.1 Å². The highest BCUT2D eigenvalue weighted by molar-refractivity contribution is 7.89. The van der Waals surface area contributed by atoms with E-state index in [2.05, 4.69) is 5.32 Å². The van der Waals surface area contributed by atoms with Gasteiger partial charge in [0.1, 0.15) is 13.1 Å². The molecule has 23 heavy (non-hydrogen) atoms. The molecule has 1 atom stereocenters. The van der Waals surface area contributed by atoms with Crippen LogP contribution in [-0.4, -0.2) is 65.1 Å². The number of benzene rings is 1. The Morgan fingerprint density at radius 2 is 1.96 bits per heavy atom. The Labute approximate surface area is 137 Å². The number of carbonyl (C=O) groups is 1. The highest BCUT2D eigenvalue weighted by atomic mass is 32.2. The van der Waals surface area contributed by atoms with Gasteiger partial charge in [0.05, 0.1) is 18.1 Å². The molecule has 0 unspecified atom stereocenters. The van der Waals surface area contributed by atoms with Crippen LogP contribution in [-0.2, 0) is 19.6 Å². The predicted octanol–water partition coefficient (Wildman–Crippen LogP) is -0.821. The summed E-state index contributed by atoms with van der Waals surface area (Å²) in [5, 5.41) is 2.81. The summed E-state index contributed by atoms with van der Waals surface area (Å²) in [5.74, 6) is -0.124. The SMILES string of the molecule is C[C@H](C(=O)Nc1cccc(S(=O)(=O)N(C)C)c1)[NH+]1CCOCC1. The van der Waals surface area contributed by atoms with Gasteiger partial charge in [0.25, 0.3) is 5.91 Å². The number of morpholine rings is 1. The second-order valence-corrected chi connectivity index (χ2v) is 7.95. The summed E-state index contributed by atoms with van der Waals surface area (Å²) in [4.78, 5) is 13.7. The first-order chi connectivity index (χ1) is 10.8. The summed E-state index contributed by atoms with van der Waals surface area (Å²) in [6.45, 7) is 4.77. The standard InChI is InChI=1S/C15H23N3O4S/c1-12(18-7-9-22-10-8-18)15(19)16-13-5-4-6-14(11-13)23(20,21)17(2)3/h4-6,11-12H,7-10H2,1-3H3,(H,16,19)/p+1/t12-/m1/s1. The third-order valence-electron chi connectivity index (χ3n) is 4.02. The van der Waals surface area contributed by atoms with Gasteiger partial charge >= 0.3 is 0 Å². The molecule has 7 nitrogen and oxygen atoms in total. The lowest BCUT2D eigenvalue weighted by Crippen LogP contribution is -3.18. The van der Waals surface area contributed by atoms with Crippen LogP contribution in [0, 0.1) is 0 Å². The van der Waals surface area contributed by atoms with Crippen molar-refractivity contribution in [3.8, 4) is 0 Å². The first kappa shape index (κ1) is 17.9. The molecule has 0 radical (unpaired) electrons. The fourth-order valence-electron chi connectivity index (χ4n) is 2.45. The Morgan fingerprint density at radius 1 is 1.30 bits per heavy atom. The van der Waals surface area contributed by atoms with E-state index in [0.29, 0.717) is 18.9 Å². The second-order valence-electron chi connectivity index (χ2n) is 5.80. The Kier molecular flexibility index (Phi) is 5.74. The number of anilines is 1. The van der Waals surface area contributed by atoms with Gasteiger partial charge in [-0.1, -0.05) is 6.07 Å². The van der Waals surface area contributed by atoms with Crippen molar-refractivity contribution in [3.05, 3.63) is 24.3 Å². The Bertz CT molecular complexity index is 654. The number of hydrogen-bond donors (Lipinski definition) is 2. The summed E-state index contributed by atoms with van der Waals surface area (Å²) in [6.07, 6.45) is 0. The monoisotopic (exact) mass is 342 g/mol. The molecule has 128 valence electrons. The summed E-state index contributed by atoms with van der Waals surface area (Å²) >= 11 is 0. The zero-order valence-corrected chi connectivity index (χ0v) is 14.5. The molecule has 1 saturated heterocycles. The first-order valence-corrected chi connectivity index (χ1v) is 9.02. The van der Waals surface area contributed by atoms with Crippen LogP contribution < -0.4 is 10.2 Å². The second kappa shape index (κ2) is 7.39. The minimum atomic E-state index is -3.52. The molecule has 0 aliphatic carbocycles. The van der Waals surface area contributed by atoms with Crippen LogP contribution in [0.15, 0.2) is 29.2 Å². The van der Waals surface area contributed by atoms with Crippen molar-refractivity contribution in [2.24, 2.45) is 0 Å². The van der Waals surface area contributed by atoms with Crippen LogP contribution in [0.5, 0.6) is 0 Å². The lowest BCUT2D eigenvalue weighted by Gasteiger charge is -2.28. The molecule has 1 aliphatic heterocycles. The van der Waals surface area contributed by atoms with E-state index < -0.39 is 10.0 Å². The quantitative estimate of drug-likeness (QED) is 0.733. The van der Waals surface area contributed by atoms with Gasteiger partial charge in [-0.2, -0.15) is 0 Å². The molecular formula is C15H24N3O4S+. The van der Waals surface area contributed by atoms with E-state index in [1.54, 1.807) is 12.1 Å². The Balaban J connectivity index is 2.09. The number of rotatable bonds is 5. The number of nitrogens with zero attached hydrogens (tertiary/aromatic N) is 1. The highest BCUT2D eigenvalue weighted by Crippen LogP contribution is 2.18. The topological polar surface area (TPSA) is 80.2 Å². The van der Waals surface area contributed by atoms with E-state index in [4.69, 9.17) is 4.74 Å². The van der Waals surface area contributed by atoms with E-state index >= 15 is 0 Å². The van der Waals surface area contributed by atoms with Crippen molar-refractivity contribution < 1.29 is 22.8 Å². The average Bonchev–Trinajstić information content (AvgIpc) is 2.55. The molecule has 2 rings (SSSR count). The number of carbonyl (C=O) groups excluding carboxylic acids is 1. The van der Waals surface area contributed by atoms with Crippen LogP contribution in [0.25, 0.3) is 0 Å². The third-order valence-corrected chi connectivity index (χ3v) is 5.83. The Hall–Kier alpha value is -1.48. The molecule has 0 aromatic heterocycles. The van der Waals surface area contributed by atoms with E-state index in [9.17, 15) is 13.2 Å². The molecule has 1 heterocycles. The molecule has 1 aromatic carbocycles. The fourth-order valence-corrected chi connectivity index (χ4v) is 3.40. The van der Waals surface area contributed by atoms with Gasteiger partial charge in [0.15, 0.2) is 6.04 Å². The molecule has 2 N–H and O–H groups in total. The molecule has 1 aliphatic rings. The molecule has 1 fully saturated rings. The fraction of sp³-hybridized carbons (Fsp3) is 0.533. The highest BCUT2D eigenvalue weighted by Gasteiger charge is 2.27. The van der Waals surface area contributed by atoms with Crippen molar-refractivity contribution in [1.29, 1.82) is 0 Å². The molecule has 0 saturated carbocycles. The number of nitrogens with one attached hydrogen (secondary N) is 2. The van der Waals surface area contributed by atoms with Crippen molar-refractivity contribution >= 4 is 21.6 Å². The van der Waals surface area contributed by atoms with Gasteiger partial charge in [0.2, 0.25) is 10.0 Å². The third kappa shape index (κ3) is 4.29. The Morgan fingerprint density at radius 3 is 2.57 bits per heavy atom. The van der Waals surface area contributed by atoms with Crippen molar-refractivity contribution in [2.45, 2.75) is 17.9 Å². The molecular weight excluding hydrogens is 318 g/mol. The summed E-state index contributed by atoms with van der Waals surface area (Å²) in [6, 6.07) is 6.09. The minimum absolute atomic E-state index is 0.124. The van der Waals surface area contributed by atoms with Crippen molar-refractivity contribution in [3.63, 3.8) is 0 Å². The number of hydrogen-bond acceptors (Lipinski definition) is 4. The number of ether oxygens (including phenoxy) is 1. The molecule has 8 heteroatoms. The first-order valence-electron chi connectivity index (χ1n) is 7.58. The predicted molar refractivity (Wildman–Crippen MR) is 86.9 cm³/mol. The zero-order chi connectivity index (χ0) is 17.0. The smallest absolute Gasteiger partial charge is 0.282 e. The van der Waals surface area contributed by atoms with Gasteiger partial charge in [-0.05, 0) is 25.1 Å². The van der Waals surface area contributed by atoms with Crippen LogP contribution in [0.2, 0.25) is 0 Å². The van der Waals surface area contributed by atoms with Crippen LogP contribution >= 0.6 is 0 Å². The van der Waals surface area contributed by atoms with Gasteiger partial charge in [-0.25, -0.2) is 12.7 Å². The van der Waals surface area contributed by atoms with Crippen LogP contribution in [0.3, 0.4) is 0 Å². The van der Waals surface area contributed by atoms with E-state index in [1.807, 2.05) is 6.92 Å². The minimum Gasteiger partial charge on any atom is -0.370 e. The number of sulfonamides is 1. The van der Waals surface area contributed by atoms with Crippen LogP contribution in [0.4, 0.5) is 5.69 Å². The molecule has 1 amide bonds. The maximum atomic E-state index is 12.4. The molecule has 0 bridgehead atoms. The van der Waals surface area contributed by atoms with Gasteiger partial charge < -0.3 is 15.0 Å².